The van der Waals surface area contributed by atoms with Crippen LogP contribution in [0.2, 0.25) is 0 Å². The molecule has 5 heteroatoms. The highest BCUT2D eigenvalue weighted by Gasteiger charge is 2.08. The molecule has 1 atom stereocenters. The summed E-state index contributed by atoms with van der Waals surface area (Å²) in [6.45, 7) is 4.99. The Balaban J connectivity index is 2.40. The number of hydrogen-bond donors (Lipinski definition) is 3. The van der Waals surface area contributed by atoms with Crippen LogP contribution >= 0.6 is 0 Å². The molecule has 3 amide bonds. The fraction of sp³-hybridized carbons (Fsp3) is 0.500. The third kappa shape index (κ3) is 6.29. The Labute approximate surface area is 126 Å². The highest BCUT2D eigenvalue weighted by molar-refractivity contribution is 5.94. The molecule has 0 radical (unpaired) electrons. The van der Waals surface area contributed by atoms with Crippen molar-refractivity contribution in [2.45, 2.75) is 39.5 Å². The van der Waals surface area contributed by atoms with Crippen molar-refractivity contribution in [3.63, 3.8) is 0 Å². The molecule has 0 spiro atoms. The van der Waals surface area contributed by atoms with Crippen LogP contribution in [-0.4, -0.2) is 18.5 Å². The van der Waals surface area contributed by atoms with Crippen molar-refractivity contribution >= 4 is 17.6 Å². The van der Waals surface area contributed by atoms with Crippen LogP contribution in [0.4, 0.5) is 10.5 Å². The fourth-order valence-electron chi connectivity index (χ4n) is 2.07. The fourth-order valence-corrected chi connectivity index (χ4v) is 2.07. The third-order valence-corrected chi connectivity index (χ3v) is 3.52. The van der Waals surface area contributed by atoms with E-state index in [0.717, 1.165) is 12.8 Å². The van der Waals surface area contributed by atoms with Crippen molar-refractivity contribution < 1.29 is 9.59 Å². The number of primary amides is 1. The third-order valence-electron chi connectivity index (χ3n) is 3.52. The average molecular weight is 291 g/mol. The van der Waals surface area contributed by atoms with Crippen molar-refractivity contribution in [2.24, 2.45) is 11.7 Å². The number of benzene rings is 1. The summed E-state index contributed by atoms with van der Waals surface area (Å²) in [5, 5.41) is 5.63. The monoisotopic (exact) mass is 291 g/mol. The number of rotatable bonds is 8. The second-order valence-corrected chi connectivity index (χ2v) is 5.19. The molecular formula is C16H25N3O2. The van der Waals surface area contributed by atoms with Gasteiger partial charge in [-0.15, -0.1) is 0 Å². The van der Waals surface area contributed by atoms with Gasteiger partial charge in [-0.25, -0.2) is 4.79 Å². The molecule has 0 aromatic heterocycles. The summed E-state index contributed by atoms with van der Waals surface area (Å²) in [7, 11) is 0. The van der Waals surface area contributed by atoms with Gasteiger partial charge in [-0.1, -0.05) is 33.1 Å². The zero-order valence-corrected chi connectivity index (χ0v) is 12.8. The van der Waals surface area contributed by atoms with Crippen molar-refractivity contribution in [1.29, 1.82) is 0 Å². The minimum Gasteiger partial charge on any atom is -0.366 e. The molecule has 1 aromatic rings. The molecule has 4 N–H and O–H groups in total. The Morgan fingerprint density at radius 3 is 2.38 bits per heavy atom. The van der Waals surface area contributed by atoms with Crippen LogP contribution in [0, 0.1) is 5.92 Å². The Morgan fingerprint density at radius 2 is 1.86 bits per heavy atom. The van der Waals surface area contributed by atoms with E-state index in [0.29, 0.717) is 23.7 Å². The summed E-state index contributed by atoms with van der Waals surface area (Å²) in [5.41, 5.74) is 6.22. The van der Waals surface area contributed by atoms with E-state index in [1.807, 2.05) is 0 Å². The van der Waals surface area contributed by atoms with E-state index in [2.05, 4.69) is 24.5 Å². The second kappa shape index (κ2) is 9.00. The molecule has 0 aliphatic rings. The largest absolute Gasteiger partial charge is 0.366 e. The quantitative estimate of drug-likeness (QED) is 0.687. The number of urea groups is 1. The van der Waals surface area contributed by atoms with Crippen molar-refractivity contribution in [3.05, 3.63) is 29.8 Å². The molecule has 5 nitrogen and oxygen atoms in total. The normalized spacial score (nSPS) is 11.7. The SMILES string of the molecule is CCCCC(CC)CNC(=O)Nc1ccc(C(N)=O)cc1. The Morgan fingerprint density at radius 1 is 1.19 bits per heavy atom. The minimum absolute atomic E-state index is 0.225. The van der Waals surface area contributed by atoms with Gasteiger partial charge in [0.25, 0.3) is 0 Å². The van der Waals surface area contributed by atoms with E-state index in [9.17, 15) is 9.59 Å². The van der Waals surface area contributed by atoms with Crippen LogP contribution in [0.15, 0.2) is 24.3 Å². The first-order chi connectivity index (χ1) is 10.1. The van der Waals surface area contributed by atoms with Crippen molar-refractivity contribution in [2.75, 3.05) is 11.9 Å². The molecule has 1 unspecified atom stereocenters. The maximum absolute atomic E-state index is 11.8. The lowest BCUT2D eigenvalue weighted by molar-refractivity contribution is 0.100. The standard InChI is InChI=1S/C16H25N3O2/c1-3-5-6-12(4-2)11-18-16(21)19-14-9-7-13(8-10-14)15(17)20/h7-10,12H,3-6,11H2,1-2H3,(H2,17,20)(H2,18,19,21). The van der Waals surface area contributed by atoms with Gasteiger partial charge in [0.1, 0.15) is 0 Å². The summed E-state index contributed by atoms with van der Waals surface area (Å²) < 4.78 is 0. The zero-order chi connectivity index (χ0) is 15.7. The number of nitrogens with one attached hydrogen (secondary N) is 2. The van der Waals surface area contributed by atoms with E-state index in [1.165, 1.54) is 12.8 Å². The zero-order valence-electron chi connectivity index (χ0n) is 12.8. The van der Waals surface area contributed by atoms with Gasteiger partial charge >= 0.3 is 6.03 Å². The molecule has 0 bridgehead atoms. The Bertz CT molecular complexity index is 457. The molecule has 0 fully saturated rings. The van der Waals surface area contributed by atoms with Crippen LogP contribution in [0.3, 0.4) is 0 Å². The summed E-state index contributed by atoms with van der Waals surface area (Å²) in [6.07, 6.45) is 4.57. The van der Waals surface area contributed by atoms with E-state index in [1.54, 1.807) is 24.3 Å². The molecule has 0 saturated heterocycles. The lowest BCUT2D eigenvalue weighted by Crippen LogP contribution is -2.33. The van der Waals surface area contributed by atoms with Crippen LogP contribution in [0.1, 0.15) is 49.9 Å². The summed E-state index contributed by atoms with van der Waals surface area (Å²) in [5.74, 6) is 0.0423. The van der Waals surface area contributed by atoms with E-state index in [-0.39, 0.29) is 6.03 Å². The average Bonchev–Trinajstić information content (AvgIpc) is 2.48. The van der Waals surface area contributed by atoms with Crippen molar-refractivity contribution in [3.8, 4) is 0 Å². The predicted octanol–water partition coefficient (Wildman–Crippen LogP) is 3.12. The first kappa shape index (κ1) is 17.0. The van der Waals surface area contributed by atoms with Gasteiger partial charge in [-0.3, -0.25) is 4.79 Å². The van der Waals surface area contributed by atoms with E-state index < -0.39 is 5.91 Å². The number of nitrogens with two attached hydrogens (primary N) is 1. The van der Waals surface area contributed by atoms with Crippen LogP contribution in [-0.2, 0) is 0 Å². The van der Waals surface area contributed by atoms with E-state index >= 15 is 0 Å². The maximum Gasteiger partial charge on any atom is 0.319 e. The van der Waals surface area contributed by atoms with Crippen LogP contribution < -0.4 is 16.4 Å². The molecular weight excluding hydrogens is 266 g/mol. The Kier molecular flexibility index (Phi) is 7.29. The predicted molar refractivity (Wildman–Crippen MR) is 85.3 cm³/mol. The minimum atomic E-state index is -0.479. The van der Waals surface area contributed by atoms with Gasteiger partial charge in [0.15, 0.2) is 0 Å². The van der Waals surface area contributed by atoms with Gasteiger partial charge in [0.05, 0.1) is 0 Å². The molecule has 21 heavy (non-hydrogen) atoms. The maximum atomic E-state index is 11.8. The number of unbranched alkanes of at least 4 members (excludes halogenated alkanes) is 1. The first-order valence-electron chi connectivity index (χ1n) is 7.51. The molecule has 0 heterocycles. The lowest BCUT2D eigenvalue weighted by Gasteiger charge is -2.15. The first-order valence-corrected chi connectivity index (χ1v) is 7.51. The van der Waals surface area contributed by atoms with Crippen LogP contribution in [0.5, 0.6) is 0 Å². The number of amides is 3. The smallest absolute Gasteiger partial charge is 0.319 e. The van der Waals surface area contributed by atoms with Gasteiger partial charge in [-0.05, 0) is 36.6 Å². The van der Waals surface area contributed by atoms with Gasteiger partial charge in [-0.2, -0.15) is 0 Å². The summed E-state index contributed by atoms with van der Waals surface area (Å²) in [4.78, 5) is 22.8. The van der Waals surface area contributed by atoms with Gasteiger partial charge in [0.2, 0.25) is 5.91 Å². The molecule has 1 rings (SSSR count). The van der Waals surface area contributed by atoms with Gasteiger partial charge < -0.3 is 16.4 Å². The highest BCUT2D eigenvalue weighted by atomic mass is 16.2. The van der Waals surface area contributed by atoms with Crippen molar-refractivity contribution in [1.82, 2.24) is 5.32 Å². The summed E-state index contributed by atoms with van der Waals surface area (Å²) >= 11 is 0. The lowest BCUT2D eigenvalue weighted by atomic mass is 9.99. The molecule has 0 saturated carbocycles. The molecule has 116 valence electrons. The Hall–Kier alpha value is -2.04. The van der Waals surface area contributed by atoms with E-state index in [4.69, 9.17) is 5.73 Å². The van der Waals surface area contributed by atoms with Gasteiger partial charge in [0, 0.05) is 17.8 Å². The second-order valence-electron chi connectivity index (χ2n) is 5.19. The summed E-state index contributed by atoms with van der Waals surface area (Å²) in [6, 6.07) is 6.28. The highest BCUT2D eigenvalue weighted by Crippen LogP contribution is 2.12. The number of hydrogen-bond acceptors (Lipinski definition) is 2. The molecule has 0 aliphatic heterocycles. The number of carbonyl (C=O) groups is 2. The number of carbonyl (C=O) groups excluding carboxylic acids is 2. The topological polar surface area (TPSA) is 84.2 Å². The van der Waals surface area contributed by atoms with Crippen LogP contribution in [0.25, 0.3) is 0 Å². The molecule has 1 aromatic carbocycles. The number of anilines is 1. The molecule has 0 aliphatic carbocycles.